The molecule has 0 spiro atoms. The zero-order valence-corrected chi connectivity index (χ0v) is 17.6. The van der Waals surface area contributed by atoms with Gasteiger partial charge in [-0.1, -0.05) is 0 Å². The van der Waals surface area contributed by atoms with Crippen LogP contribution in [0.3, 0.4) is 0 Å². The second kappa shape index (κ2) is 8.90. The summed E-state index contributed by atoms with van der Waals surface area (Å²) >= 11 is 0.795. The number of nitrogens with zero attached hydrogens (tertiary/aromatic N) is 3. The number of hydrogen-bond donors (Lipinski definition) is 1. The topological polar surface area (TPSA) is 108 Å². The molecule has 30 heavy (non-hydrogen) atoms. The van der Waals surface area contributed by atoms with Crippen molar-refractivity contribution in [3.63, 3.8) is 0 Å². The molecule has 1 heterocycles. The summed E-state index contributed by atoms with van der Waals surface area (Å²) < 4.78 is 70.5. The lowest BCUT2D eigenvalue weighted by molar-refractivity contribution is 0.391. The van der Waals surface area contributed by atoms with E-state index >= 15 is 0 Å². The molecule has 12 heteroatoms. The van der Waals surface area contributed by atoms with Crippen LogP contribution in [0, 0.1) is 11.6 Å². The van der Waals surface area contributed by atoms with Crippen molar-refractivity contribution < 1.29 is 26.7 Å². The molecule has 3 rings (SSSR count). The Bertz CT molecular complexity index is 1140. The molecule has 2 aromatic carbocycles. The number of methoxy groups -OCH3 is 2. The van der Waals surface area contributed by atoms with Crippen molar-refractivity contribution >= 4 is 26.7 Å². The predicted molar refractivity (Wildman–Crippen MR) is 107 cm³/mol. The lowest BCUT2D eigenvalue weighted by atomic mass is 10.2. The number of halogens is 2. The van der Waals surface area contributed by atoms with Gasteiger partial charge < -0.3 is 15.2 Å². The molecule has 0 aliphatic carbocycles. The molecule has 3 aromatic rings. The Hall–Kier alpha value is -2.83. The number of ether oxygens (including phenoxy) is 2. The highest BCUT2D eigenvalue weighted by Gasteiger charge is 2.32. The van der Waals surface area contributed by atoms with Gasteiger partial charge in [-0.25, -0.2) is 26.5 Å². The van der Waals surface area contributed by atoms with Crippen LogP contribution in [0.1, 0.15) is 11.1 Å². The Morgan fingerprint density at radius 1 is 1.10 bits per heavy atom. The highest BCUT2D eigenvalue weighted by Crippen LogP contribution is 2.32. The van der Waals surface area contributed by atoms with E-state index < -0.39 is 26.6 Å². The summed E-state index contributed by atoms with van der Waals surface area (Å²) in [6.07, 6.45) is 1.17. The number of aromatic nitrogens is 2. The van der Waals surface area contributed by atoms with E-state index in [0.717, 1.165) is 21.9 Å². The van der Waals surface area contributed by atoms with Gasteiger partial charge in [0.2, 0.25) is 5.13 Å². The number of rotatable bonds is 8. The number of anilines is 1. The SMILES string of the molecule is COc1ccc(CN(c2ncns2)S(=O)(=O)c2cc(F)c(CN)cc2F)c(OC)c1. The second-order valence-electron chi connectivity index (χ2n) is 5.99. The predicted octanol–water partition coefficient (Wildman–Crippen LogP) is 2.69. The largest absolute Gasteiger partial charge is 0.497 e. The Labute approximate surface area is 176 Å². The highest BCUT2D eigenvalue weighted by molar-refractivity contribution is 7.93. The first-order valence-electron chi connectivity index (χ1n) is 8.50. The Kier molecular flexibility index (Phi) is 6.48. The molecular weight excluding hydrogens is 438 g/mol. The molecule has 0 unspecified atom stereocenters. The molecular formula is C18H18F2N4O4S2. The molecule has 0 aliphatic rings. The first-order chi connectivity index (χ1) is 14.3. The first-order valence-corrected chi connectivity index (χ1v) is 10.7. The molecule has 1 aromatic heterocycles. The van der Waals surface area contributed by atoms with Crippen molar-refractivity contribution in [1.82, 2.24) is 9.36 Å². The maximum absolute atomic E-state index is 14.6. The van der Waals surface area contributed by atoms with Crippen molar-refractivity contribution in [1.29, 1.82) is 0 Å². The van der Waals surface area contributed by atoms with Crippen LogP contribution in [0.4, 0.5) is 13.9 Å². The molecule has 0 bridgehead atoms. The van der Waals surface area contributed by atoms with E-state index in [1.807, 2.05) is 0 Å². The molecule has 0 aliphatic heterocycles. The average Bonchev–Trinajstić information content (AvgIpc) is 3.27. The minimum absolute atomic E-state index is 0.0180. The number of nitrogens with two attached hydrogens (primary N) is 1. The van der Waals surface area contributed by atoms with Gasteiger partial charge in [0.1, 0.15) is 34.4 Å². The van der Waals surface area contributed by atoms with Crippen molar-refractivity contribution in [3.8, 4) is 11.5 Å². The van der Waals surface area contributed by atoms with Gasteiger partial charge >= 0.3 is 0 Å². The summed E-state index contributed by atoms with van der Waals surface area (Å²) in [5.41, 5.74) is 5.69. The minimum atomic E-state index is -4.54. The van der Waals surface area contributed by atoms with E-state index in [4.69, 9.17) is 15.2 Å². The monoisotopic (exact) mass is 456 g/mol. The third-order valence-electron chi connectivity index (χ3n) is 4.26. The van der Waals surface area contributed by atoms with Crippen LogP contribution in [-0.2, 0) is 23.1 Å². The van der Waals surface area contributed by atoms with Gasteiger partial charge in [0.15, 0.2) is 0 Å². The fourth-order valence-corrected chi connectivity index (χ4v) is 4.90. The molecule has 0 fully saturated rings. The molecule has 0 amide bonds. The number of sulfonamides is 1. The van der Waals surface area contributed by atoms with Crippen LogP contribution in [0.25, 0.3) is 0 Å². The molecule has 8 nitrogen and oxygen atoms in total. The van der Waals surface area contributed by atoms with Gasteiger partial charge in [-0.15, -0.1) is 0 Å². The standard InChI is InChI=1S/C18H18F2N4O4S2/c1-27-13-4-3-11(16(6-13)28-2)9-24(18-22-10-23-29-18)30(25,26)17-7-14(19)12(8-21)5-15(17)20/h3-7,10H,8-9,21H2,1-2H3. The van der Waals surface area contributed by atoms with E-state index in [-0.39, 0.29) is 23.8 Å². The fraction of sp³-hybridized carbons (Fsp3) is 0.222. The Morgan fingerprint density at radius 3 is 2.47 bits per heavy atom. The quantitative estimate of drug-likeness (QED) is 0.555. The minimum Gasteiger partial charge on any atom is -0.497 e. The first kappa shape index (κ1) is 21.9. The van der Waals surface area contributed by atoms with Crippen LogP contribution in [0.2, 0.25) is 0 Å². The maximum atomic E-state index is 14.6. The van der Waals surface area contributed by atoms with E-state index in [9.17, 15) is 17.2 Å². The van der Waals surface area contributed by atoms with E-state index in [1.54, 1.807) is 18.2 Å². The zero-order chi connectivity index (χ0) is 21.9. The average molecular weight is 456 g/mol. The zero-order valence-electron chi connectivity index (χ0n) is 16.0. The fourth-order valence-electron chi connectivity index (χ4n) is 2.71. The van der Waals surface area contributed by atoms with Crippen molar-refractivity contribution in [2.24, 2.45) is 5.73 Å². The van der Waals surface area contributed by atoms with Gasteiger partial charge in [0.05, 0.1) is 20.8 Å². The van der Waals surface area contributed by atoms with Gasteiger partial charge in [-0.3, -0.25) is 0 Å². The number of benzene rings is 2. The molecule has 2 N–H and O–H groups in total. The van der Waals surface area contributed by atoms with Crippen molar-refractivity contribution in [2.75, 3.05) is 18.5 Å². The summed E-state index contributed by atoms with van der Waals surface area (Å²) in [5.74, 6) is -1.18. The van der Waals surface area contributed by atoms with E-state index in [1.165, 1.54) is 20.5 Å². The van der Waals surface area contributed by atoms with E-state index in [2.05, 4.69) is 9.36 Å². The highest BCUT2D eigenvalue weighted by atomic mass is 32.2. The van der Waals surface area contributed by atoms with Crippen molar-refractivity contribution in [3.05, 3.63) is 59.4 Å². The molecule has 0 saturated carbocycles. The molecule has 160 valence electrons. The van der Waals surface area contributed by atoms with Crippen LogP contribution >= 0.6 is 11.5 Å². The Morgan fingerprint density at radius 2 is 1.87 bits per heavy atom. The summed E-state index contributed by atoms with van der Waals surface area (Å²) in [7, 11) is -1.64. The smallest absolute Gasteiger partial charge is 0.269 e. The van der Waals surface area contributed by atoms with Crippen LogP contribution in [0.5, 0.6) is 11.5 Å². The third kappa shape index (κ3) is 4.20. The third-order valence-corrected chi connectivity index (χ3v) is 6.82. The molecule has 0 saturated heterocycles. The summed E-state index contributed by atoms with van der Waals surface area (Å²) in [6.45, 7) is -0.531. The second-order valence-corrected chi connectivity index (χ2v) is 8.58. The van der Waals surface area contributed by atoms with Crippen molar-refractivity contribution in [2.45, 2.75) is 18.0 Å². The van der Waals surface area contributed by atoms with Gasteiger partial charge in [0, 0.05) is 35.3 Å². The molecule has 0 atom stereocenters. The number of hydrogen-bond acceptors (Lipinski definition) is 8. The lowest BCUT2D eigenvalue weighted by Gasteiger charge is -2.23. The normalized spacial score (nSPS) is 11.4. The van der Waals surface area contributed by atoms with Gasteiger partial charge in [0.25, 0.3) is 10.0 Å². The lowest BCUT2D eigenvalue weighted by Crippen LogP contribution is -2.31. The van der Waals surface area contributed by atoms with Crippen LogP contribution < -0.4 is 19.5 Å². The molecule has 0 radical (unpaired) electrons. The summed E-state index contributed by atoms with van der Waals surface area (Å²) in [5, 5.41) is -0.0180. The van der Waals surface area contributed by atoms with Gasteiger partial charge in [-0.2, -0.15) is 4.37 Å². The van der Waals surface area contributed by atoms with Crippen LogP contribution in [0.15, 0.2) is 41.6 Å². The summed E-state index contributed by atoms with van der Waals surface area (Å²) in [6, 6.07) is 6.20. The maximum Gasteiger partial charge on any atom is 0.269 e. The van der Waals surface area contributed by atoms with Gasteiger partial charge in [-0.05, 0) is 24.3 Å². The van der Waals surface area contributed by atoms with Crippen LogP contribution in [-0.4, -0.2) is 32.0 Å². The Balaban J connectivity index is 2.11. The summed E-state index contributed by atoms with van der Waals surface area (Å²) in [4.78, 5) is 3.10. The van der Waals surface area contributed by atoms with E-state index in [0.29, 0.717) is 23.1 Å².